The molecule has 2 atom stereocenters. The van der Waals surface area contributed by atoms with Crippen molar-refractivity contribution in [2.45, 2.75) is 45.1 Å². The first-order valence-electron chi connectivity index (χ1n) is 6.96. The SMILES string of the molecule is Cc1nn(C)c(NCC2(O)CCCC(C)C2)c1[N+](=O)[O-]. The molecule has 1 aliphatic rings. The van der Waals surface area contributed by atoms with E-state index < -0.39 is 10.5 Å². The van der Waals surface area contributed by atoms with Gasteiger partial charge < -0.3 is 10.4 Å². The summed E-state index contributed by atoms with van der Waals surface area (Å²) in [5.74, 6) is 0.845. The van der Waals surface area contributed by atoms with Crippen LogP contribution in [0.5, 0.6) is 0 Å². The topological polar surface area (TPSA) is 93.2 Å². The second kappa shape index (κ2) is 5.40. The fourth-order valence-corrected chi connectivity index (χ4v) is 3.10. The summed E-state index contributed by atoms with van der Waals surface area (Å²) in [4.78, 5) is 10.7. The van der Waals surface area contributed by atoms with Gasteiger partial charge in [-0.15, -0.1) is 0 Å². The molecule has 2 rings (SSSR count). The number of nitrogens with zero attached hydrogens (tertiary/aromatic N) is 3. The Bertz CT molecular complexity index is 514. The number of aromatic nitrogens is 2. The molecule has 2 unspecified atom stereocenters. The summed E-state index contributed by atoms with van der Waals surface area (Å²) < 4.78 is 1.46. The standard InChI is InChI=1S/C13H22N4O3/c1-9-5-4-6-13(18,7-9)8-14-12-11(17(19)20)10(2)15-16(12)3/h9,14,18H,4-8H2,1-3H3. The van der Waals surface area contributed by atoms with E-state index >= 15 is 0 Å². The van der Waals surface area contributed by atoms with Crippen molar-refractivity contribution < 1.29 is 10.0 Å². The fourth-order valence-electron chi connectivity index (χ4n) is 3.10. The van der Waals surface area contributed by atoms with E-state index in [0.29, 0.717) is 24.0 Å². The molecule has 0 radical (unpaired) electrons. The third-order valence-corrected chi connectivity index (χ3v) is 4.03. The maximum Gasteiger partial charge on any atom is 0.333 e. The molecule has 0 spiro atoms. The molecule has 1 heterocycles. The Hall–Kier alpha value is -1.63. The maximum absolute atomic E-state index is 11.1. The van der Waals surface area contributed by atoms with Crippen LogP contribution in [0.3, 0.4) is 0 Å². The molecule has 7 heteroatoms. The highest BCUT2D eigenvalue weighted by atomic mass is 16.6. The zero-order chi connectivity index (χ0) is 14.9. The van der Waals surface area contributed by atoms with Crippen LogP contribution < -0.4 is 5.32 Å². The third-order valence-electron chi connectivity index (χ3n) is 4.03. The second-order valence-electron chi connectivity index (χ2n) is 5.94. The van der Waals surface area contributed by atoms with E-state index in [4.69, 9.17) is 0 Å². The smallest absolute Gasteiger partial charge is 0.333 e. The van der Waals surface area contributed by atoms with Gasteiger partial charge in [0.25, 0.3) is 0 Å². The van der Waals surface area contributed by atoms with E-state index in [9.17, 15) is 15.2 Å². The van der Waals surface area contributed by atoms with Crippen molar-refractivity contribution in [2.24, 2.45) is 13.0 Å². The van der Waals surface area contributed by atoms with Crippen molar-refractivity contribution in [1.82, 2.24) is 9.78 Å². The molecule has 1 fully saturated rings. The molecule has 0 bridgehead atoms. The Morgan fingerprint density at radius 3 is 2.95 bits per heavy atom. The summed E-state index contributed by atoms with van der Waals surface area (Å²) in [6.45, 7) is 4.05. The van der Waals surface area contributed by atoms with E-state index in [-0.39, 0.29) is 5.69 Å². The molecule has 1 aromatic heterocycles. The van der Waals surface area contributed by atoms with Crippen molar-refractivity contribution in [3.05, 3.63) is 15.8 Å². The Morgan fingerprint density at radius 2 is 2.35 bits per heavy atom. The molecule has 2 N–H and O–H groups in total. The van der Waals surface area contributed by atoms with E-state index in [1.165, 1.54) is 4.68 Å². The lowest BCUT2D eigenvalue weighted by Crippen LogP contribution is -2.41. The van der Waals surface area contributed by atoms with Crippen LogP contribution in [-0.2, 0) is 7.05 Å². The number of aliphatic hydroxyl groups is 1. The molecule has 20 heavy (non-hydrogen) atoms. The monoisotopic (exact) mass is 282 g/mol. The molecule has 1 saturated carbocycles. The van der Waals surface area contributed by atoms with E-state index in [2.05, 4.69) is 17.3 Å². The highest BCUT2D eigenvalue weighted by Crippen LogP contribution is 2.34. The average molecular weight is 282 g/mol. The van der Waals surface area contributed by atoms with Gasteiger partial charge in [0.05, 0.1) is 10.5 Å². The van der Waals surface area contributed by atoms with Gasteiger partial charge in [-0.25, -0.2) is 4.68 Å². The summed E-state index contributed by atoms with van der Waals surface area (Å²) in [6, 6.07) is 0. The Balaban J connectivity index is 2.13. The van der Waals surface area contributed by atoms with Crippen LogP contribution in [-0.4, -0.2) is 32.0 Å². The van der Waals surface area contributed by atoms with Crippen molar-refractivity contribution >= 4 is 11.5 Å². The van der Waals surface area contributed by atoms with Gasteiger partial charge in [-0.2, -0.15) is 5.10 Å². The Labute approximate surface area is 118 Å². The number of hydrogen-bond donors (Lipinski definition) is 2. The fraction of sp³-hybridized carbons (Fsp3) is 0.769. The quantitative estimate of drug-likeness (QED) is 0.650. The number of rotatable bonds is 4. The Kier molecular flexibility index (Phi) is 3.99. The number of hydrogen-bond acceptors (Lipinski definition) is 5. The van der Waals surface area contributed by atoms with Crippen molar-refractivity contribution in [1.29, 1.82) is 0 Å². The number of anilines is 1. The van der Waals surface area contributed by atoms with E-state index in [0.717, 1.165) is 25.7 Å². The molecule has 112 valence electrons. The van der Waals surface area contributed by atoms with Crippen LogP contribution in [0.2, 0.25) is 0 Å². The zero-order valence-electron chi connectivity index (χ0n) is 12.2. The van der Waals surface area contributed by atoms with Gasteiger partial charge in [0.2, 0.25) is 5.82 Å². The molecule has 7 nitrogen and oxygen atoms in total. The predicted molar refractivity (Wildman–Crippen MR) is 75.7 cm³/mol. The maximum atomic E-state index is 11.1. The van der Waals surface area contributed by atoms with Crippen LogP contribution in [0.4, 0.5) is 11.5 Å². The minimum atomic E-state index is -0.788. The largest absolute Gasteiger partial charge is 0.388 e. The van der Waals surface area contributed by atoms with Crippen LogP contribution in [0.15, 0.2) is 0 Å². The van der Waals surface area contributed by atoms with Crippen molar-refractivity contribution in [2.75, 3.05) is 11.9 Å². The van der Waals surface area contributed by atoms with Gasteiger partial charge in [0.1, 0.15) is 5.69 Å². The highest BCUT2D eigenvalue weighted by molar-refractivity contribution is 5.59. The number of aryl methyl sites for hydroxylation is 2. The number of nitro groups is 1. The third kappa shape index (κ3) is 2.92. The normalized spacial score (nSPS) is 26.5. The van der Waals surface area contributed by atoms with Crippen molar-refractivity contribution in [3.63, 3.8) is 0 Å². The number of nitrogens with one attached hydrogen (secondary N) is 1. The summed E-state index contributed by atoms with van der Waals surface area (Å²) in [7, 11) is 1.66. The van der Waals surface area contributed by atoms with Gasteiger partial charge >= 0.3 is 5.69 Å². The summed E-state index contributed by atoms with van der Waals surface area (Å²) in [6.07, 6.45) is 3.58. The van der Waals surface area contributed by atoms with Crippen LogP contribution >= 0.6 is 0 Å². The molecule has 0 saturated heterocycles. The van der Waals surface area contributed by atoms with Crippen LogP contribution in [0.25, 0.3) is 0 Å². The van der Waals surface area contributed by atoms with Gasteiger partial charge in [-0.1, -0.05) is 19.8 Å². The second-order valence-corrected chi connectivity index (χ2v) is 5.94. The van der Waals surface area contributed by atoms with Crippen molar-refractivity contribution in [3.8, 4) is 0 Å². The van der Waals surface area contributed by atoms with E-state index in [1.54, 1.807) is 14.0 Å². The summed E-state index contributed by atoms with van der Waals surface area (Å²) in [5, 5.41) is 28.7. The molecule has 0 aromatic carbocycles. The van der Waals surface area contributed by atoms with E-state index in [1.807, 2.05) is 0 Å². The first-order chi connectivity index (χ1) is 9.32. The van der Waals surface area contributed by atoms with Crippen LogP contribution in [0.1, 0.15) is 38.3 Å². The van der Waals surface area contributed by atoms with Gasteiger partial charge in [-0.05, 0) is 25.7 Å². The molecular weight excluding hydrogens is 260 g/mol. The minimum absolute atomic E-state index is 0.0139. The molecule has 1 aliphatic carbocycles. The van der Waals surface area contributed by atoms with Gasteiger partial charge in [0.15, 0.2) is 0 Å². The summed E-state index contributed by atoms with van der Waals surface area (Å²) >= 11 is 0. The van der Waals surface area contributed by atoms with Gasteiger partial charge in [0, 0.05) is 13.6 Å². The Morgan fingerprint density at radius 1 is 1.65 bits per heavy atom. The first kappa shape index (κ1) is 14.8. The predicted octanol–water partition coefficient (Wildman–Crippen LogP) is 1.99. The van der Waals surface area contributed by atoms with Crippen LogP contribution in [0, 0.1) is 23.0 Å². The van der Waals surface area contributed by atoms with Gasteiger partial charge in [-0.3, -0.25) is 10.1 Å². The first-order valence-corrected chi connectivity index (χ1v) is 6.96. The molecule has 1 aromatic rings. The lowest BCUT2D eigenvalue weighted by molar-refractivity contribution is -0.384. The lowest BCUT2D eigenvalue weighted by Gasteiger charge is -2.35. The molecule has 0 amide bonds. The molecule has 0 aliphatic heterocycles. The zero-order valence-corrected chi connectivity index (χ0v) is 12.2. The average Bonchev–Trinajstić information content (AvgIpc) is 2.61. The lowest BCUT2D eigenvalue weighted by atomic mass is 9.79. The molecular formula is C13H22N4O3. The minimum Gasteiger partial charge on any atom is -0.388 e. The summed E-state index contributed by atoms with van der Waals surface area (Å²) in [5.41, 5.74) is -0.423. The highest BCUT2D eigenvalue weighted by Gasteiger charge is 2.34.